The Hall–Kier alpha value is -2.78. The van der Waals surface area contributed by atoms with Crippen LogP contribution in [0.1, 0.15) is 25.6 Å². The van der Waals surface area contributed by atoms with E-state index in [4.69, 9.17) is 8.83 Å². The summed E-state index contributed by atoms with van der Waals surface area (Å²) >= 11 is 1.15. The van der Waals surface area contributed by atoms with Crippen molar-refractivity contribution >= 4 is 49.6 Å². The smallest absolute Gasteiger partial charge is 0.257 e. The van der Waals surface area contributed by atoms with Gasteiger partial charge in [0.2, 0.25) is 5.91 Å². The Kier molecular flexibility index (Phi) is 5.57. The zero-order valence-electron chi connectivity index (χ0n) is 16.4. The highest BCUT2D eigenvalue weighted by Crippen LogP contribution is 2.27. The summed E-state index contributed by atoms with van der Waals surface area (Å²) in [6.45, 7) is 3.45. The molecular weight excluding hydrogens is 424 g/mol. The van der Waals surface area contributed by atoms with Gasteiger partial charge in [-0.05, 0) is 37.3 Å². The molecule has 0 saturated heterocycles. The number of hydrogen-bond acceptors (Lipinski definition) is 7. The van der Waals surface area contributed by atoms with Crippen molar-refractivity contribution in [2.75, 3.05) is 11.5 Å². The molecule has 0 spiro atoms. The fraction of sp³-hybridized carbons (Fsp3) is 0.238. The minimum absolute atomic E-state index is 0.0154. The molecule has 0 aliphatic carbocycles. The number of carbonyl (C=O) groups excluding carboxylic acids is 1. The van der Waals surface area contributed by atoms with Crippen LogP contribution >= 0.6 is 11.8 Å². The first-order valence-corrected chi connectivity index (χ1v) is 12.0. The maximum Gasteiger partial charge on any atom is 0.257 e. The molecule has 4 aromatic rings. The Balaban J connectivity index is 1.40. The van der Waals surface area contributed by atoms with Crippen molar-refractivity contribution in [3.63, 3.8) is 0 Å². The summed E-state index contributed by atoms with van der Waals surface area (Å²) in [4.78, 5) is 16.8. The molecule has 1 N–H and O–H groups in total. The van der Waals surface area contributed by atoms with Crippen LogP contribution in [0.5, 0.6) is 0 Å². The van der Waals surface area contributed by atoms with Crippen molar-refractivity contribution in [2.45, 2.75) is 30.0 Å². The predicted octanol–water partition coefficient (Wildman–Crippen LogP) is 4.34. The summed E-state index contributed by atoms with van der Waals surface area (Å²) in [5.74, 6) is 0.615. The maximum atomic E-state index is 12.3. The number of benzene rings is 2. The first kappa shape index (κ1) is 20.5. The second-order valence-electron chi connectivity index (χ2n) is 6.78. The van der Waals surface area contributed by atoms with Crippen LogP contribution < -0.4 is 5.32 Å². The third kappa shape index (κ3) is 4.22. The molecule has 1 amide bonds. The van der Waals surface area contributed by atoms with E-state index in [1.54, 1.807) is 13.0 Å². The SMILES string of the molecule is CCS(=O)(=O)c1ccc2oc(SCC(=O)NC(C)c3cc4ccccc4o3)nc2c1. The van der Waals surface area contributed by atoms with Crippen LogP contribution in [-0.4, -0.2) is 30.8 Å². The van der Waals surface area contributed by atoms with Crippen molar-refractivity contribution in [3.8, 4) is 0 Å². The van der Waals surface area contributed by atoms with Crippen LogP contribution in [0, 0.1) is 0 Å². The zero-order chi connectivity index (χ0) is 21.3. The number of fused-ring (bicyclic) bond motifs is 2. The fourth-order valence-corrected chi connectivity index (χ4v) is 4.55. The summed E-state index contributed by atoms with van der Waals surface area (Å²) in [6, 6.07) is 13.9. The van der Waals surface area contributed by atoms with Crippen molar-refractivity contribution in [2.24, 2.45) is 0 Å². The first-order chi connectivity index (χ1) is 14.4. The van der Waals surface area contributed by atoms with Gasteiger partial charge in [0, 0.05) is 5.39 Å². The van der Waals surface area contributed by atoms with Gasteiger partial charge in [-0.1, -0.05) is 36.9 Å². The third-order valence-corrected chi connectivity index (χ3v) is 7.21. The molecule has 1 unspecified atom stereocenters. The molecule has 7 nitrogen and oxygen atoms in total. The second kappa shape index (κ2) is 8.16. The average molecular weight is 445 g/mol. The predicted molar refractivity (Wildman–Crippen MR) is 115 cm³/mol. The highest BCUT2D eigenvalue weighted by Gasteiger charge is 2.17. The van der Waals surface area contributed by atoms with Crippen LogP contribution in [0.3, 0.4) is 0 Å². The Morgan fingerprint density at radius 2 is 1.93 bits per heavy atom. The maximum absolute atomic E-state index is 12.3. The molecule has 156 valence electrons. The van der Waals surface area contributed by atoms with Gasteiger partial charge in [0.15, 0.2) is 15.4 Å². The van der Waals surface area contributed by atoms with Crippen LogP contribution in [-0.2, 0) is 14.6 Å². The van der Waals surface area contributed by atoms with E-state index >= 15 is 0 Å². The highest BCUT2D eigenvalue weighted by atomic mass is 32.2. The molecule has 0 aliphatic rings. The molecule has 0 bridgehead atoms. The van der Waals surface area contributed by atoms with Gasteiger partial charge in [0.1, 0.15) is 16.9 Å². The van der Waals surface area contributed by atoms with Crippen molar-refractivity contribution in [3.05, 3.63) is 54.3 Å². The molecule has 9 heteroatoms. The molecule has 0 aliphatic heterocycles. The number of oxazole rings is 1. The summed E-state index contributed by atoms with van der Waals surface area (Å²) < 4.78 is 35.4. The number of amides is 1. The number of furan rings is 1. The van der Waals surface area contributed by atoms with E-state index < -0.39 is 9.84 Å². The molecule has 0 fully saturated rings. The number of hydrogen-bond donors (Lipinski definition) is 1. The van der Waals surface area contributed by atoms with Crippen molar-refractivity contribution in [1.29, 1.82) is 0 Å². The fourth-order valence-electron chi connectivity index (χ4n) is 3.01. The lowest BCUT2D eigenvalue weighted by atomic mass is 10.2. The van der Waals surface area contributed by atoms with E-state index in [2.05, 4.69) is 10.3 Å². The van der Waals surface area contributed by atoms with Gasteiger partial charge in [-0.15, -0.1) is 0 Å². The second-order valence-corrected chi connectivity index (χ2v) is 9.98. The highest BCUT2D eigenvalue weighted by molar-refractivity contribution is 7.99. The summed E-state index contributed by atoms with van der Waals surface area (Å²) in [6.07, 6.45) is 0. The number of carbonyl (C=O) groups is 1. The van der Waals surface area contributed by atoms with E-state index in [0.29, 0.717) is 22.1 Å². The number of nitrogens with one attached hydrogen (secondary N) is 1. The molecule has 30 heavy (non-hydrogen) atoms. The van der Waals surface area contributed by atoms with Gasteiger partial charge in [-0.2, -0.15) is 0 Å². The minimum Gasteiger partial charge on any atom is -0.459 e. The van der Waals surface area contributed by atoms with Crippen LogP contribution in [0.4, 0.5) is 0 Å². The quantitative estimate of drug-likeness (QED) is 0.423. The van der Waals surface area contributed by atoms with Gasteiger partial charge >= 0.3 is 0 Å². The van der Waals surface area contributed by atoms with Crippen molar-refractivity contribution in [1.82, 2.24) is 10.3 Å². The number of thioether (sulfide) groups is 1. The van der Waals surface area contributed by atoms with E-state index in [1.807, 2.05) is 37.3 Å². The number of rotatable bonds is 7. The lowest BCUT2D eigenvalue weighted by Crippen LogP contribution is -2.27. The molecule has 2 aromatic carbocycles. The topological polar surface area (TPSA) is 102 Å². The molecule has 4 rings (SSSR count). The van der Waals surface area contributed by atoms with E-state index in [9.17, 15) is 13.2 Å². The summed E-state index contributed by atoms with van der Waals surface area (Å²) in [5.41, 5.74) is 1.70. The Morgan fingerprint density at radius 3 is 2.70 bits per heavy atom. The van der Waals surface area contributed by atoms with Gasteiger partial charge in [-0.3, -0.25) is 4.79 Å². The lowest BCUT2D eigenvalue weighted by Gasteiger charge is -2.10. The van der Waals surface area contributed by atoms with Gasteiger partial charge in [0.25, 0.3) is 5.22 Å². The van der Waals surface area contributed by atoms with E-state index in [0.717, 1.165) is 22.7 Å². The molecule has 1 atom stereocenters. The number of aromatic nitrogens is 1. The Bertz CT molecular complexity index is 1290. The molecule has 0 radical (unpaired) electrons. The standard InChI is InChI=1S/C21H20N2O5S2/c1-3-30(25,26)15-8-9-18-16(11-15)23-21(28-18)29-12-20(24)22-13(2)19-10-14-6-4-5-7-17(14)27-19/h4-11,13H,3,12H2,1-2H3,(H,22,24). The van der Waals surface area contributed by atoms with Crippen LogP contribution in [0.25, 0.3) is 22.1 Å². The van der Waals surface area contributed by atoms with Gasteiger partial charge in [0.05, 0.1) is 22.4 Å². The number of sulfone groups is 1. The average Bonchev–Trinajstić information content (AvgIpc) is 3.35. The zero-order valence-corrected chi connectivity index (χ0v) is 18.0. The third-order valence-electron chi connectivity index (χ3n) is 4.65. The lowest BCUT2D eigenvalue weighted by molar-refractivity contribution is -0.119. The van der Waals surface area contributed by atoms with E-state index in [-0.39, 0.29) is 28.4 Å². The first-order valence-electron chi connectivity index (χ1n) is 9.39. The molecule has 2 aromatic heterocycles. The Morgan fingerprint density at radius 1 is 1.13 bits per heavy atom. The van der Waals surface area contributed by atoms with Gasteiger partial charge in [-0.25, -0.2) is 13.4 Å². The van der Waals surface area contributed by atoms with Gasteiger partial charge < -0.3 is 14.2 Å². The molecular formula is C21H20N2O5S2. The summed E-state index contributed by atoms with van der Waals surface area (Å²) in [7, 11) is -3.32. The normalized spacial score (nSPS) is 13.0. The summed E-state index contributed by atoms with van der Waals surface area (Å²) in [5, 5.41) is 4.19. The molecule has 2 heterocycles. The minimum atomic E-state index is -3.32. The monoisotopic (exact) mass is 444 g/mol. The largest absolute Gasteiger partial charge is 0.459 e. The van der Waals surface area contributed by atoms with Crippen LogP contribution in [0.2, 0.25) is 0 Å². The number of nitrogens with zero attached hydrogens (tertiary/aromatic N) is 1. The molecule has 0 saturated carbocycles. The van der Waals surface area contributed by atoms with Crippen LogP contribution in [0.15, 0.2) is 67.5 Å². The van der Waals surface area contributed by atoms with Crippen molar-refractivity contribution < 1.29 is 22.0 Å². The van der Waals surface area contributed by atoms with E-state index in [1.165, 1.54) is 12.1 Å². The Labute approximate surface area is 177 Å². The number of para-hydroxylation sites is 1.